The Hall–Kier alpha value is -3.32. The first-order valence-corrected chi connectivity index (χ1v) is 8.51. The molecule has 1 N–H and O–H groups in total. The summed E-state index contributed by atoms with van der Waals surface area (Å²) in [6.45, 7) is 0. The van der Waals surface area contributed by atoms with Gasteiger partial charge in [0.05, 0.1) is 15.9 Å². The molecule has 0 radical (unpaired) electrons. The van der Waals surface area contributed by atoms with Crippen molar-refractivity contribution in [3.8, 4) is 11.3 Å². The van der Waals surface area contributed by atoms with Crippen molar-refractivity contribution >= 4 is 33.0 Å². The van der Waals surface area contributed by atoms with Crippen LogP contribution in [0.2, 0.25) is 0 Å². The zero-order valence-corrected chi connectivity index (χ0v) is 13.7. The first kappa shape index (κ1) is 14.1. The second-order valence-electron chi connectivity index (χ2n) is 5.57. The number of ketones is 1. The highest BCUT2D eigenvalue weighted by molar-refractivity contribution is 7.20. The fourth-order valence-electron chi connectivity index (χ4n) is 2.76. The molecular formula is C18H11N5OS. The van der Waals surface area contributed by atoms with Crippen LogP contribution in [0.15, 0.2) is 60.7 Å². The fraction of sp³-hybridized carbons (Fsp3) is 0. The lowest BCUT2D eigenvalue weighted by Crippen LogP contribution is -2.07. The first-order chi connectivity index (χ1) is 12.3. The summed E-state index contributed by atoms with van der Waals surface area (Å²) in [7, 11) is 0. The van der Waals surface area contributed by atoms with E-state index in [-0.39, 0.29) is 11.6 Å². The van der Waals surface area contributed by atoms with Crippen molar-refractivity contribution in [2.75, 3.05) is 0 Å². The molecular weight excluding hydrogens is 334 g/mol. The Morgan fingerprint density at radius 2 is 1.80 bits per heavy atom. The van der Waals surface area contributed by atoms with Crippen LogP contribution in [-0.2, 0) is 0 Å². The van der Waals surface area contributed by atoms with E-state index in [4.69, 9.17) is 0 Å². The van der Waals surface area contributed by atoms with Crippen molar-refractivity contribution in [1.82, 2.24) is 24.8 Å². The summed E-state index contributed by atoms with van der Waals surface area (Å²) in [6.07, 6.45) is 0. The topological polar surface area (TPSA) is 75.9 Å². The number of H-pyrrole nitrogens is 1. The second-order valence-corrected chi connectivity index (χ2v) is 6.60. The van der Waals surface area contributed by atoms with E-state index in [0.717, 1.165) is 21.5 Å². The van der Waals surface area contributed by atoms with Gasteiger partial charge in [-0.1, -0.05) is 42.5 Å². The molecule has 0 bridgehead atoms. The number of benzene rings is 2. The molecule has 25 heavy (non-hydrogen) atoms. The van der Waals surface area contributed by atoms with E-state index in [9.17, 15) is 4.79 Å². The first-order valence-electron chi connectivity index (χ1n) is 7.69. The van der Waals surface area contributed by atoms with E-state index in [1.807, 2.05) is 60.7 Å². The molecule has 120 valence electrons. The Morgan fingerprint density at radius 3 is 2.64 bits per heavy atom. The molecule has 0 unspecified atom stereocenters. The number of aromatic nitrogens is 5. The summed E-state index contributed by atoms with van der Waals surface area (Å²) >= 11 is 1.36. The van der Waals surface area contributed by atoms with Crippen LogP contribution in [0.4, 0.5) is 0 Å². The lowest BCUT2D eigenvalue weighted by molar-refractivity contribution is 0.102. The highest BCUT2D eigenvalue weighted by atomic mass is 32.1. The molecule has 0 aliphatic rings. The average molecular weight is 345 g/mol. The minimum absolute atomic E-state index is 0.233. The smallest absolute Gasteiger partial charge is 0.260 e. The van der Waals surface area contributed by atoms with Gasteiger partial charge in [-0.3, -0.25) is 9.89 Å². The van der Waals surface area contributed by atoms with Crippen molar-refractivity contribution in [2.45, 2.75) is 0 Å². The number of fused-ring (bicyclic) bond motifs is 2. The normalized spacial score (nSPS) is 11.4. The Bertz CT molecular complexity index is 1190. The molecule has 2 aromatic carbocycles. The lowest BCUT2D eigenvalue weighted by Gasteiger charge is -1.97. The summed E-state index contributed by atoms with van der Waals surface area (Å²) < 4.78 is 2.58. The zero-order chi connectivity index (χ0) is 16.8. The largest absolute Gasteiger partial charge is 0.290 e. The summed E-state index contributed by atoms with van der Waals surface area (Å²) in [5.74, 6) is -0.00796. The molecule has 0 aliphatic heterocycles. The predicted molar refractivity (Wildman–Crippen MR) is 95.8 cm³/mol. The van der Waals surface area contributed by atoms with Crippen LogP contribution in [0, 0.1) is 0 Å². The molecule has 0 aliphatic carbocycles. The van der Waals surface area contributed by atoms with Gasteiger partial charge in [0.15, 0.2) is 10.7 Å². The number of nitrogens with one attached hydrogen (secondary N) is 1. The highest BCUT2D eigenvalue weighted by Gasteiger charge is 2.21. The molecule has 3 aromatic heterocycles. The molecule has 0 saturated heterocycles. The molecule has 0 fully saturated rings. The van der Waals surface area contributed by atoms with Gasteiger partial charge in [-0.15, -0.1) is 21.5 Å². The third kappa shape index (κ3) is 2.25. The molecule has 3 heterocycles. The van der Waals surface area contributed by atoms with Crippen LogP contribution in [0.1, 0.15) is 15.6 Å². The number of para-hydroxylation sites is 1. The minimum atomic E-state index is -0.241. The van der Waals surface area contributed by atoms with Gasteiger partial charge >= 0.3 is 0 Å². The van der Waals surface area contributed by atoms with E-state index < -0.39 is 0 Å². The van der Waals surface area contributed by atoms with Crippen LogP contribution in [-0.4, -0.2) is 30.6 Å². The number of rotatable bonds is 3. The molecule has 0 atom stereocenters. The highest BCUT2D eigenvalue weighted by Crippen LogP contribution is 2.24. The number of hydrogen-bond acceptors (Lipinski definition) is 5. The van der Waals surface area contributed by atoms with Gasteiger partial charge in [-0.05, 0) is 17.7 Å². The van der Waals surface area contributed by atoms with Crippen molar-refractivity contribution in [3.05, 3.63) is 71.5 Å². The average Bonchev–Trinajstić information content (AvgIpc) is 3.35. The van der Waals surface area contributed by atoms with Crippen molar-refractivity contribution in [2.24, 2.45) is 0 Å². The maximum Gasteiger partial charge on any atom is 0.260 e. The van der Waals surface area contributed by atoms with E-state index >= 15 is 0 Å². The van der Waals surface area contributed by atoms with Gasteiger partial charge in [-0.25, -0.2) is 9.50 Å². The van der Waals surface area contributed by atoms with E-state index in [1.165, 1.54) is 11.3 Å². The van der Waals surface area contributed by atoms with E-state index in [2.05, 4.69) is 20.3 Å². The minimum Gasteiger partial charge on any atom is -0.290 e. The summed E-state index contributed by atoms with van der Waals surface area (Å²) in [6, 6.07) is 19.4. The maximum absolute atomic E-state index is 12.8. The van der Waals surface area contributed by atoms with Crippen molar-refractivity contribution in [1.29, 1.82) is 0 Å². The molecule has 0 saturated carbocycles. The van der Waals surface area contributed by atoms with Gasteiger partial charge in [0, 0.05) is 6.07 Å². The van der Waals surface area contributed by atoms with Crippen molar-refractivity contribution in [3.63, 3.8) is 0 Å². The quantitative estimate of drug-likeness (QED) is 0.507. The molecule has 5 rings (SSSR count). The zero-order valence-electron chi connectivity index (χ0n) is 12.9. The predicted octanol–water partition coefficient (Wildman–Crippen LogP) is 3.57. The second kappa shape index (κ2) is 5.35. The fourth-order valence-corrected chi connectivity index (χ4v) is 3.66. The molecule has 5 aromatic rings. The van der Waals surface area contributed by atoms with Crippen molar-refractivity contribution < 1.29 is 4.79 Å². The van der Waals surface area contributed by atoms with Gasteiger partial charge in [-0.2, -0.15) is 0 Å². The number of hydrogen-bond donors (Lipinski definition) is 1. The Balaban J connectivity index is 1.60. The van der Waals surface area contributed by atoms with Crippen LogP contribution in [0.25, 0.3) is 27.1 Å². The SMILES string of the molecule is O=C(c1nc2ccccc2s1)c1nnc2cc(-c3ccccc3)[nH]n12. The van der Waals surface area contributed by atoms with Gasteiger partial charge < -0.3 is 0 Å². The summed E-state index contributed by atoms with van der Waals surface area (Å²) in [5.41, 5.74) is 3.31. The third-order valence-electron chi connectivity index (χ3n) is 3.97. The monoisotopic (exact) mass is 345 g/mol. The number of carbonyl (C=O) groups is 1. The number of thiazole rings is 1. The maximum atomic E-state index is 12.8. The summed E-state index contributed by atoms with van der Waals surface area (Å²) in [4.78, 5) is 17.3. The number of carbonyl (C=O) groups excluding carboxylic acids is 1. The van der Waals surface area contributed by atoms with Gasteiger partial charge in [0.2, 0.25) is 5.82 Å². The Morgan fingerprint density at radius 1 is 1.00 bits per heavy atom. The number of aromatic amines is 1. The lowest BCUT2D eigenvalue weighted by atomic mass is 10.2. The summed E-state index contributed by atoms with van der Waals surface area (Å²) in [5, 5.41) is 11.7. The molecule has 6 nitrogen and oxygen atoms in total. The van der Waals surface area contributed by atoms with E-state index in [0.29, 0.717) is 10.7 Å². The van der Waals surface area contributed by atoms with Crippen LogP contribution < -0.4 is 0 Å². The third-order valence-corrected chi connectivity index (χ3v) is 5.00. The molecule has 7 heteroatoms. The van der Waals surface area contributed by atoms with Crippen LogP contribution in [0.3, 0.4) is 0 Å². The molecule has 0 amide bonds. The van der Waals surface area contributed by atoms with Gasteiger partial charge in [0.25, 0.3) is 5.78 Å². The number of nitrogens with zero attached hydrogens (tertiary/aromatic N) is 4. The van der Waals surface area contributed by atoms with Crippen LogP contribution >= 0.6 is 11.3 Å². The Labute approximate surface area is 145 Å². The van der Waals surface area contributed by atoms with E-state index in [1.54, 1.807) is 4.52 Å². The molecule has 0 spiro atoms. The standard InChI is InChI=1S/C18H11N5OS/c24-16(18-19-12-8-4-5-9-14(12)25-18)17-21-20-15-10-13(22-23(15)17)11-6-2-1-3-7-11/h1-10,22H. The van der Waals surface area contributed by atoms with Gasteiger partial charge in [0.1, 0.15) is 0 Å². The van der Waals surface area contributed by atoms with Crippen LogP contribution in [0.5, 0.6) is 0 Å². The Kier molecular flexibility index (Phi) is 3.01.